The summed E-state index contributed by atoms with van der Waals surface area (Å²) in [5.74, 6) is 1.94. The van der Waals surface area contributed by atoms with Gasteiger partial charge in [-0.1, -0.05) is 12.1 Å². The molecule has 82 valence electrons. The number of hydrogen-bond donors (Lipinski definition) is 1. The predicted molar refractivity (Wildman–Crippen MR) is 60.1 cm³/mol. The molecule has 0 aromatic heterocycles. The average molecular weight is 206 g/mol. The van der Waals surface area contributed by atoms with Gasteiger partial charge in [-0.15, -0.1) is 0 Å². The van der Waals surface area contributed by atoms with Gasteiger partial charge in [0.15, 0.2) is 0 Å². The first-order chi connectivity index (χ1) is 7.22. The van der Waals surface area contributed by atoms with Gasteiger partial charge in [-0.05, 0) is 49.8 Å². The molecule has 1 saturated carbocycles. The Kier molecular flexibility index (Phi) is 2.96. The quantitative estimate of drug-likeness (QED) is 0.820. The second-order valence-electron chi connectivity index (χ2n) is 4.25. The number of hydrogen-bond acceptors (Lipinski definition) is 2. The van der Waals surface area contributed by atoms with Crippen molar-refractivity contribution in [3.8, 4) is 5.75 Å². The normalized spacial score (nSPS) is 26.1. The van der Waals surface area contributed by atoms with Crippen LogP contribution in [0.1, 0.15) is 31.7 Å². The standard InChI is InChI=1S/C13H18O2/c1-3-15-11-6-4-10(5-7-11)13-8-12(13)9(2)14/h4-7,9,12-14H,3,8H2,1-2H3/t9-,12-,13+/m1/s1. The first-order valence-electron chi connectivity index (χ1n) is 5.63. The predicted octanol–water partition coefficient (Wildman–Crippen LogP) is 2.57. The Hall–Kier alpha value is -1.02. The lowest BCUT2D eigenvalue weighted by Crippen LogP contribution is -2.03. The van der Waals surface area contributed by atoms with Crippen LogP contribution in [0, 0.1) is 5.92 Å². The zero-order valence-corrected chi connectivity index (χ0v) is 9.31. The van der Waals surface area contributed by atoms with Crippen molar-refractivity contribution < 1.29 is 9.84 Å². The van der Waals surface area contributed by atoms with Crippen molar-refractivity contribution in [2.45, 2.75) is 32.3 Å². The van der Waals surface area contributed by atoms with Crippen molar-refractivity contribution in [1.82, 2.24) is 0 Å². The maximum Gasteiger partial charge on any atom is 0.119 e. The van der Waals surface area contributed by atoms with E-state index in [0.717, 1.165) is 12.2 Å². The molecule has 2 rings (SSSR count). The number of ether oxygens (including phenoxy) is 1. The Morgan fingerprint density at radius 2 is 2.07 bits per heavy atom. The Morgan fingerprint density at radius 1 is 1.40 bits per heavy atom. The van der Waals surface area contributed by atoms with E-state index in [2.05, 4.69) is 12.1 Å². The minimum atomic E-state index is -0.179. The van der Waals surface area contributed by atoms with Gasteiger partial charge in [0.1, 0.15) is 5.75 Å². The minimum absolute atomic E-state index is 0.179. The van der Waals surface area contributed by atoms with Crippen molar-refractivity contribution in [2.24, 2.45) is 5.92 Å². The van der Waals surface area contributed by atoms with E-state index in [9.17, 15) is 5.11 Å². The maximum absolute atomic E-state index is 9.44. The van der Waals surface area contributed by atoms with E-state index in [1.807, 2.05) is 26.0 Å². The number of benzene rings is 1. The molecule has 1 aliphatic carbocycles. The third-order valence-corrected chi connectivity index (χ3v) is 3.08. The lowest BCUT2D eigenvalue weighted by molar-refractivity contribution is 0.169. The lowest BCUT2D eigenvalue weighted by atomic mass is 10.1. The molecule has 1 aliphatic rings. The molecular formula is C13H18O2. The van der Waals surface area contributed by atoms with E-state index < -0.39 is 0 Å². The van der Waals surface area contributed by atoms with E-state index >= 15 is 0 Å². The van der Waals surface area contributed by atoms with Crippen LogP contribution in [0.25, 0.3) is 0 Å². The van der Waals surface area contributed by atoms with Crippen molar-refractivity contribution in [3.63, 3.8) is 0 Å². The largest absolute Gasteiger partial charge is 0.494 e. The van der Waals surface area contributed by atoms with Crippen molar-refractivity contribution in [3.05, 3.63) is 29.8 Å². The summed E-state index contributed by atoms with van der Waals surface area (Å²) in [5, 5.41) is 9.44. The van der Waals surface area contributed by atoms with Gasteiger partial charge < -0.3 is 9.84 Å². The molecule has 15 heavy (non-hydrogen) atoms. The van der Waals surface area contributed by atoms with Crippen molar-refractivity contribution in [2.75, 3.05) is 6.61 Å². The molecular weight excluding hydrogens is 188 g/mol. The van der Waals surface area contributed by atoms with Gasteiger partial charge in [0.25, 0.3) is 0 Å². The molecule has 0 aliphatic heterocycles. The minimum Gasteiger partial charge on any atom is -0.494 e. The third-order valence-electron chi connectivity index (χ3n) is 3.08. The maximum atomic E-state index is 9.44. The van der Waals surface area contributed by atoms with Crippen LogP contribution in [0.15, 0.2) is 24.3 Å². The van der Waals surface area contributed by atoms with E-state index in [1.165, 1.54) is 5.56 Å². The third kappa shape index (κ3) is 2.32. The summed E-state index contributed by atoms with van der Waals surface area (Å²) in [6.07, 6.45) is 0.938. The van der Waals surface area contributed by atoms with Gasteiger partial charge >= 0.3 is 0 Å². The zero-order chi connectivity index (χ0) is 10.8. The molecule has 0 radical (unpaired) electrons. The highest BCUT2D eigenvalue weighted by Crippen LogP contribution is 2.49. The van der Waals surface area contributed by atoms with Gasteiger partial charge in [-0.25, -0.2) is 0 Å². The number of rotatable bonds is 4. The van der Waals surface area contributed by atoms with Gasteiger partial charge in [0.2, 0.25) is 0 Å². The molecule has 0 heterocycles. The fourth-order valence-corrected chi connectivity index (χ4v) is 2.11. The molecule has 2 heteroatoms. The molecule has 1 fully saturated rings. The van der Waals surface area contributed by atoms with Crippen LogP contribution < -0.4 is 4.74 Å². The van der Waals surface area contributed by atoms with E-state index in [0.29, 0.717) is 18.4 Å². The molecule has 0 spiro atoms. The molecule has 2 nitrogen and oxygen atoms in total. The molecule has 1 N–H and O–H groups in total. The molecule has 0 amide bonds. The molecule has 1 aromatic rings. The highest BCUT2D eigenvalue weighted by molar-refractivity contribution is 5.32. The molecule has 0 bridgehead atoms. The molecule has 0 unspecified atom stereocenters. The number of aliphatic hydroxyl groups is 1. The smallest absolute Gasteiger partial charge is 0.119 e. The van der Waals surface area contributed by atoms with Crippen LogP contribution in [-0.2, 0) is 0 Å². The Balaban J connectivity index is 2.00. The molecule has 1 aromatic carbocycles. The van der Waals surface area contributed by atoms with Crippen LogP contribution in [0.5, 0.6) is 5.75 Å². The fourth-order valence-electron chi connectivity index (χ4n) is 2.11. The summed E-state index contributed by atoms with van der Waals surface area (Å²) in [5.41, 5.74) is 1.32. The Bertz CT molecular complexity index is 316. The molecule has 3 atom stereocenters. The fraction of sp³-hybridized carbons (Fsp3) is 0.538. The summed E-state index contributed by atoms with van der Waals surface area (Å²) in [6, 6.07) is 8.24. The number of aliphatic hydroxyl groups excluding tert-OH is 1. The summed E-state index contributed by atoms with van der Waals surface area (Å²) >= 11 is 0. The van der Waals surface area contributed by atoms with Gasteiger partial charge in [0, 0.05) is 0 Å². The van der Waals surface area contributed by atoms with E-state index in [-0.39, 0.29) is 6.10 Å². The SMILES string of the molecule is CCOc1ccc([C@@H]2C[C@@H]2[C@@H](C)O)cc1. The highest BCUT2D eigenvalue weighted by Gasteiger charge is 2.41. The second kappa shape index (κ2) is 4.23. The van der Waals surface area contributed by atoms with Crippen molar-refractivity contribution in [1.29, 1.82) is 0 Å². The van der Waals surface area contributed by atoms with Crippen molar-refractivity contribution >= 4 is 0 Å². The molecule has 0 saturated heterocycles. The Morgan fingerprint density at radius 3 is 2.53 bits per heavy atom. The van der Waals surface area contributed by atoms with E-state index in [1.54, 1.807) is 0 Å². The van der Waals surface area contributed by atoms with Crippen LogP contribution in [-0.4, -0.2) is 17.8 Å². The first-order valence-corrected chi connectivity index (χ1v) is 5.63. The van der Waals surface area contributed by atoms with E-state index in [4.69, 9.17) is 4.74 Å². The summed E-state index contributed by atoms with van der Waals surface area (Å²) in [4.78, 5) is 0. The Labute approximate surface area is 90.9 Å². The highest BCUT2D eigenvalue weighted by atomic mass is 16.5. The lowest BCUT2D eigenvalue weighted by Gasteiger charge is -2.05. The topological polar surface area (TPSA) is 29.5 Å². The van der Waals surface area contributed by atoms with Gasteiger partial charge in [-0.3, -0.25) is 0 Å². The van der Waals surface area contributed by atoms with Crippen LogP contribution in [0.3, 0.4) is 0 Å². The van der Waals surface area contributed by atoms with Gasteiger partial charge in [-0.2, -0.15) is 0 Å². The average Bonchev–Trinajstić information content (AvgIpc) is 2.99. The second-order valence-corrected chi connectivity index (χ2v) is 4.25. The van der Waals surface area contributed by atoms with Crippen LogP contribution in [0.2, 0.25) is 0 Å². The summed E-state index contributed by atoms with van der Waals surface area (Å²) in [6.45, 7) is 4.57. The van der Waals surface area contributed by atoms with Gasteiger partial charge in [0.05, 0.1) is 12.7 Å². The van der Waals surface area contributed by atoms with Crippen LogP contribution >= 0.6 is 0 Å². The monoisotopic (exact) mass is 206 g/mol. The summed E-state index contributed by atoms with van der Waals surface area (Å²) < 4.78 is 5.39. The zero-order valence-electron chi connectivity index (χ0n) is 9.31. The first kappa shape index (κ1) is 10.5. The summed E-state index contributed by atoms with van der Waals surface area (Å²) in [7, 11) is 0. The van der Waals surface area contributed by atoms with Crippen LogP contribution in [0.4, 0.5) is 0 Å².